The van der Waals surface area contributed by atoms with E-state index >= 15 is 0 Å². The summed E-state index contributed by atoms with van der Waals surface area (Å²) in [5.74, 6) is 0.0106. The number of carbonyl (C=O) groups excluding carboxylic acids is 1. The molecule has 0 aliphatic carbocycles. The molecule has 0 aromatic heterocycles. The fraction of sp³-hybridized carbons (Fsp3) is 0.208. The van der Waals surface area contributed by atoms with Gasteiger partial charge in [-0.05, 0) is 48.7 Å². The predicted octanol–water partition coefficient (Wildman–Crippen LogP) is 6.56. The van der Waals surface area contributed by atoms with Gasteiger partial charge in [0.15, 0.2) is 0 Å². The summed E-state index contributed by atoms with van der Waals surface area (Å²) in [7, 11) is 0. The van der Waals surface area contributed by atoms with Crippen molar-refractivity contribution in [1.82, 2.24) is 0 Å². The summed E-state index contributed by atoms with van der Waals surface area (Å²) >= 11 is 3.65. The van der Waals surface area contributed by atoms with Crippen molar-refractivity contribution in [3.8, 4) is 0 Å². The van der Waals surface area contributed by atoms with Crippen molar-refractivity contribution < 1.29 is 4.79 Å². The lowest BCUT2D eigenvalue weighted by Gasteiger charge is -2.38. The number of nitrogens with one attached hydrogen (secondary N) is 1. The average Bonchev–Trinajstić information content (AvgIpc) is 2.73. The Labute approximate surface area is 174 Å². The maximum absolute atomic E-state index is 13.4. The number of hydrogen-bond donors (Lipinski definition) is 1. The van der Waals surface area contributed by atoms with Gasteiger partial charge in [-0.1, -0.05) is 71.7 Å². The Morgan fingerprint density at radius 3 is 2.43 bits per heavy atom. The molecule has 1 amide bonds. The molecule has 0 saturated heterocycles. The summed E-state index contributed by atoms with van der Waals surface area (Å²) in [6.07, 6.45) is 3.15. The molecule has 3 nitrogen and oxygen atoms in total. The van der Waals surface area contributed by atoms with E-state index in [1.54, 1.807) is 0 Å². The largest absolute Gasteiger partial charge is 0.360 e. The van der Waals surface area contributed by atoms with Crippen LogP contribution in [-0.2, 0) is 6.42 Å². The maximum Gasteiger partial charge on any atom is 0.262 e. The van der Waals surface area contributed by atoms with E-state index in [2.05, 4.69) is 52.4 Å². The molecule has 3 aromatic carbocycles. The highest BCUT2D eigenvalue weighted by atomic mass is 79.9. The van der Waals surface area contributed by atoms with Crippen LogP contribution in [0.4, 0.5) is 11.4 Å². The number of amides is 1. The number of halogens is 1. The third kappa shape index (κ3) is 3.57. The molecule has 142 valence electrons. The first-order chi connectivity index (χ1) is 13.7. The van der Waals surface area contributed by atoms with Crippen molar-refractivity contribution in [2.75, 3.05) is 10.2 Å². The van der Waals surface area contributed by atoms with E-state index in [4.69, 9.17) is 0 Å². The predicted molar refractivity (Wildman–Crippen MR) is 119 cm³/mol. The molecule has 0 bridgehead atoms. The van der Waals surface area contributed by atoms with Crippen LogP contribution in [0.2, 0.25) is 0 Å². The number of benzene rings is 3. The van der Waals surface area contributed by atoms with Crippen LogP contribution in [0.1, 0.15) is 47.4 Å². The zero-order chi connectivity index (χ0) is 19.5. The maximum atomic E-state index is 13.4. The summed E-state index contributed by atoms with van der Waals surface area (Å²) in [5, 5.41) is 3.56. The minimum absolute atomic E-state index is 0.0106. The van der Waals surface area contributed by atoms with Gasteiger partial charge in [0.1, 0.15) is 6.17 Å². The molecule has 4 heteroatoms. The monoisotopic (exact) mass is 434 g/mol. The van der Waals surface area contributed by atoms with Gasteiger partial charge in [0.05, 0.1) is 5.56 Å². The molecule has 1 heterocycles. The van der Waals surface area contributed by atoms with E-state index in [9.17, 15) is 4.79 Å². The van der Waals surface area contributed by atoms with Crippen molar-refractivity contribution >= 4 is 33.2 Å². The number of nitrogens with zero attached hydrogens (tertiary/aromatic N) is 1. The highest BCUT2D eigenvalue weighted by Gasteiger charge is 2.34. The molecule has 0 radical (unpaired) electrons. The van der Waals surface area contributed by atoms with Gasteiger partial charge in [-0.25, -0.2) is 0 Å². The molecule has 4 rings (SSSR count). The number of hydrogen-bond acceptors (Lipinski definition) is 2. The van der Waals surface area contributed by atoms with Crippen molar-refractivity contribution in [2.45, 2.75) is 32.4 Å². The molecule has 0 fully saturated rings. The van der Waals surface area contributed by atoms with Gasteiger partial charge in [0, 0.05) is 21.4 Å². The number of fused-ring (bicyclic) bond motifs is 1. The highest BCUT2D eigenvalue weighted by Crippen LogP contribution is 2.38. The fourth-order valence-corrected chi connectivity index (χ4v) is 4.14. The van der Waals surface area contributed by atoms with Crippen LogP contribution in [0.5, 0.6) is 0 Å². The lowest BCUT2D eigenvalue weighted by molar-refractivity contribution is 0.0975. The van der Waals surface area contributed by atoms with Crippen LogP contribution in [-0.4, -0.2) is 5.91 Å². The minimum atomic E-state index is -0.278. The molecule has 1 atom stereocenters. The van der Waals surface area contributed by atoms with Gasteiger partial charge >= 0.3 is 0 Å². The third-order valence-electron chi connectivity index (χ3n) is 5.16. The molecule has 0 spiro atoms. The third-order valence-corrected chi connectivity index (χ3v) is 5.88. The number of rotatable bonds is 5. The van der Waals surface area contributed by atoms with Crippen molar-refractivity contribution in [2.24, 2.45) is 0 Å². The SMILES string of the molecule is CCCCc1ccc(N2C(=O)c3ccccc3NC2c2ccccc2Br)cc1. The summed E-state index contributed by atoms with van der Waals surface area (Å²) in [4.78, 5) is 15.3. The van der Waals surface area contributed by atoms with Gasteiger partial charge < -0.3 is 5.32 Å². The van der Waals surface area contributed by atoms with Gasteiger partial charge in [0.2, 0.25) is 0 Å². The molecule has 1 unspecified atom stereocenters. The van der Waals surface area contributed by atoms with E-state index in [1.807, 2.05) is 53.4 Å². The van der Waals surface area contributed by atoms with Crippen molar-refractivity contribution in [3.05, 3.63) is 94.0 Å². The number of anilines is 2. The molecule has 28 heavy (non-hydrogen) atoms. The second-order valence-electron chi connectivity index (χ2n) is 7.06. The van der Waals surface area contributed by atoms with Crippen LogP contribution < -0.4 is 10.2 Å². The molecular weight excluding hydrogens is 412 g/mol. The highest BCUT2D eigenvalue weighted by molar-refractivity contribution is 9.10. The fourth-order valence-electron chi connectivity index (χ4n) is 3.64. The summed E-state index contributed by atoms with van der Waals surface area (Å²) in [5.41, 5.74) is 4.79. The Bertz CT molecular complexity index is 984. The van der Waals surface area contributed by atoms with Gasteiger partial charge in [0.25, 0.3) is 5.91 Å². The Balaban J connectivity index is 1.77. The van der Waals surface area contributed by atoms with Crippen LogP contribution in [0.25, 0.3) is 0 Å². The van der Waals surface area contributed by atoms with E-state index in [0.29, 0.717) is 5.56 Å². The first-order valence-electron chi connectivity index (χ1n) is 9.71. The molecule has 1 aliphatic heterocycles. The van der Waals surface area contributed by atoms with Crippen LogP contribution >= 0.6 is 15.9 Å². The van der Waals surface area contributed by atoms with Crippen LogP contribution in [0, 0.1) is 0 Å². The lowest BCUT2D eigenvalue weighted by Crippen LogP contribution is -2.43. The molecule has 1 aliphatic rings. The summed E-state index contributed by atoms with van der Waals surface area (Å²) < 4.78 is 0.976. The molecular formula is C24H23BrN2O. The van der Waals surface area contributed by atoms with Crippen LogP contribution in [0.3, 0.4) is 0 Å². The van der Waals surface area contributed by atoms with Gasteiger partial charge in [-0.3, -0.25) is 9.69 Å². The Hall–Kier alpha value is -2.59. The molecule has 0 saturated carbocycles. The Morgan fingerprint density at radius 2 is 1.68 bits per heavy atom. The summed E-state index contributed by atoms with van der Waals surface area (Å²) in [6.45, 7) is 2.20. The van der Waals surface area contributed by atoms with Crippen LogP contribution in [0.15, 0.2) is 77.3 Å². The second kappa shape index (κ2) is 8.19. The first-order valence-corrected chi connectivity index (χ1v) is 10.5. The van der Waals surface area contributed by atoms with Gasteiger partial charge in [-0.15, -0.1) is 0 Å². The summed E-state index contributed by atoms with van der Waals surface area (Å²) in [6, 6.07) is 24.1. The second-order valence-corrected chi connectivity index (χ2v) is 7.91. The molecule has 3 aromatic rings. The number of unbranched alkanes of at least 4 members (excludes halogenated alkanes) is 1. The smallest absolute Gasteiger partial charge is 0.262 e. The zero-order valence-corrected chi connectivity index (χ0v) is 17.4. The Kier molecular flexibility index (Phi) is 5.49. The van der Waals surface area contributed by atoms with Crippen molar-refractivity contribution in [3.63, 3.8) is 0 Å². The van der Waals surface area contributed by atoms with E-state index < -0.39 is 0 Å². The zero-order valence-electron chi connectivity index (χ0n) is 15.9. The number of carbonyl (C=O) groups is 1. The average molecular weight is 435 g/mol. The first kappa shape index (κ1) is 18.8. The minimum Gasteiger partial charge on any atom is -0.360 e. The van der Waals surface area contributed by atoms with Gasteiger partial charge in [-0.2, -0.15) is 0 Å². The Morgan fingerprint density at radius 1 is 0.964 bits per heavy atom. The quantitative estimate of drug-likeness (QED) is 0.492. The van der Waals surface area contributed by atoms with Crippen molar-refractivity contribution in [1.29, 1.82) is 0 Å². The topological polar surface area (TPSA) is 32.3 Å². The molecule has 1 N–H and O–H groups in total. The normalized spacial score (nSPS) is 15.9. The van der Waals surface area contributed by atoms with E-state index in [-0.39, 0.29) is 12.1 Å². The van der Waals surface area contributed by atoms with E-state index in [1.165, 1.54) is 18.4 Å². The lowest BCUT2D eigenvalue weighted by atomic mass is 10.0. The number of aryl methyl sites for hydroxylation is 1. The standard InChI is InChI=1S/C24H23BrN2O/c1-2-3-8-17-13-15-18(16-14-17)27-23(19-9-4-6-11-21(19)25)26-22-12-7-5-10-20(22)24(27)28/h4-7,9-16,23,26H,2-3,8H2,1H3. The number of para-hydroxylation sites is 1. The van der Waals surface area contributed by atoms with E-state index in [0.717, 1.165) is 27.8 Å².